The van der Waals surface area contributed by atoms with E-state index in [1.165, 1.54) is 6.42 Å². The minimum Gasteiger partial charge on any atom is -0.468 e. The van der Waals surface area contributed by atoms with Crippen molar-refractivity contribution in [2.75, 3.05) is 19.6 Å². The van der Waals surface area contributed by atoms with Crippen molar-refractivity contribution in [2.45, 2.75) is 44.4 Å². The van der Waals surface area contributed by atoms with Crippen molar-refractivity contribution in [3.63, 3.8) is 0 Å². The van der Waals surface area contributed by atoms with Gasteiger partial charge in [0.05, 0.1) is 12.3 Å². The summed E-state index contributed by atoms with van der Waals surface area (Å²) in [4.78, 5) is 28.2. The van der Waals surface area contributed by atoms with Crippen LogP contribution in [0.4, 0.5) is 4.79 Å². The normalized spacial score (nSPS) is 15.7. The molecule has 0 bridgehead atoms. The predicted octanol–water partition coefficient (Wildman–Crippen LogP) is 4.46. The molecule has 1 fully saturated rings. The number of carbonyl (C=O) groups is 2. The molecular weight excluding hydrogens is 442 g/mol. The van der Waals surface area contributed by atoms with E-state index in [1.54, 1.807) is 6.26 Å². The Balaban J connectivity index is 1.40. The van der Waals surface area contributed by atoms with Crippen LogP contribution in [0.2, 0.25) is 0 Å². The fourth-order valence-electron chi connectivity index (χ4n) is 4.41. The van der Waals surface area contributed by atoms with Gasteiger partial charge in [0.1, 0.15) is 18.4 Å². The Morgan fingerprint density at radius 2 is 1.57 bits per heavy atom. The van der Waals surface area contributed by atoms with Gasteiger partial charge < -0.3 is 19.8 Å². The lowest BCUT2D eigenvalue weighted by atomic mass is 10.0. The van der Waals surface area contributed by atoms with E-state index in [9.17, 15) is 9.59 Å². The van der Waals surface area contributed by atoms with Gasteiger partial charge in [-0.2, -0.15) is 0 Å². The molecule has 3 aromatic rings. The zero-order valence-corrected chi connectivity index (χ0v) is 19.9. The number of likely N-dealkylation sites (tertiary alicyclic amines) is 1. The summed E-state index contributed by atoms with van der Waals surface area (Å²) in [7, 11) is 0. The number of furan rings is 1. The van der Waals surface area contributed by atoms with Gasteiger partial charge in [0, 0.05) is 13.0 Å². The zero-order valence-electron chi connectivity index (χ0n) is 19.9. The lowest BCUT2D eigenvalue weighted by molar-refractivity contribution is -0.123. The molecule has 4 rings (SSSR count). The summed E-state index contributed by atoms with van der Waals surface area (Å²) in [5.41, 5.74) is 1.84. The molecular formula is C28H33N3O4. The summed E-state index contributed by atoms with van der Waals surface area (Å²) in [6.07, 6.45) is 4.90. The van der Waals surface area contributed by atoms with Gasteiger partial charge in [-0.15, -0.1) is 0 Å². The Kier molecular flexibility index (Phi) is 8.95. The van der Waals surface area contributed by atoms with Gasteiger partial charge in [-0.05, 0) is 49.2 Å². The van der Waals surface area contributed by atoms with Gasteiger partial charge in [0.15, 0.2) is 0 Å². The van der Waals surface area contributed by atoms with Crippen LogP contribution in [-0.2, 0) is 22.6 Å². The maximum atomic E-state index is 13.3. The molecule has 2 atom stereocenters. The first-order valence-electron chi connectivity index (χ1n) is 12.3. The van der Waals surface area contributed by atoms with E-state index >= 15 is 0 Å². The molecule has 184 valence electrons. The van der Waals surface area contributed by atoms with Crippen LogP contribution in [0.25, 0.3) is 0 Å². The fourth-order valence-corrected chi connectivity index (χ4v) is 4.41. The molecule has 0 saturated carbocycles. The molecule has 2 heterocycles. The van der Waals surface area contributed by atoms with Gasteiger partial charge in [-0.3, -0.25) is 9.69 Å². The van der Waals surface area contributed by atoms with E-state index in [2.05, 4.69) is 15.5 Å². The third kappa shape index (κ3) is 7.45. The van der Waals surface area contributed by atoms with Crippen molar-refractivity contribution in [1.29, 1.82) is 0 Å². The van der Waals surface area contributed by atoms with Gasteiger partial charge in [-0.1, -0.05) is 67.1 Å². The highest BCUT2D eigenvalue weighted by Crippen LogP contribution is 2.24. The second-order valence-electron chi connectivity index (χ2n) is 8.82. The molecule has 7 heteroatoms. The lowest BCUT2D eigenvalue weighted by Gasteiger charge is -2.33. The monoisotopic (exact) mass is 475 g/mol. The molecule has 1 aliphatic rings. The topological polar surface area (TPSA) is 83.8 Å². The zero-order chi connectivity index (χ0) is 24.3. The molecule has 1 aromatic heterocycles. The number of alkyl carbamates (subject to hydrolysis) is 1. The number of nitrogens with zero attached hydrogens (tertiary/aromatic N) is 1. The Bertz CT molecular complexity index is 1030. The number of hydrogen-bond donors (Lipinski definition) is 2. The van der Waals surface area contributed by atoms with E-state index in [0.717, 1.165) is 42.8 Å². The van der Waals surface area contributed by atoms with Crippen molar-refractivity contribution in [3.8, 4) is 0 Å². The molecule has 7 nitrogen and oxygen atoms in total. The van der Waals surface area contributed by atoms with Gasteiger partial charge >= 0.3 is 6.09 Å². The highest BCUT2D eigenvalue weighted by Gasteiger charge is 2.27. The first-order valence-corrected chi connectivity index (χ1v) is 12.3. The van der Waals surface area contributed by atoms with Crippen molar-refractivity contribution in [2.24, 2.45) is 0 Å². The maximum absolute atomic E-state index is 13.3. The molecule has 0 radical (unpaired) electrons. The number of piperidine rings is 1. The second-order valence-corrected chi connectivity index (χ2v) is 8.82. The number of nitrogens with one attached hydrogen (secondary N) is 2. The Morgan fingerprint density at radius 1 is 0.886 bits per heavy atom. The minimum absolute atomic E-state index is 0.0448. The summed E-state index contributed by atoms with van der Waals surface area (Å²) < 4.78 is 11.1. The SMILES string of the molecule is O=C(NC(Cc1ccccc1)C(=O)NCC(c1ccco1)N1CCCCC1)OCc1ccccc1. The number of ether oxygens (including phenoxy) is 1. The summed E-state index contributed by atoms with van der Waals surface area (Å²) >= 11 is 0. The average molecular weight is 476 g/mol. The first kappa shape index (κ1) is 24.5. The van der Waals surface area contributed by atoms with Gasteiger partial charge in [0.25, 0.3) is 0 Å². The number of hydrogen-bond acceptors (Lipinski definition) is 5. The molecule has 35 heavy (non-hydrogen) atoms. The molecule has 1 aliphatic heterocycles. The Labute approximate surface area is 206 Å². The standard InChI is InChI=1S/C28H33N3O4/c32-27(29-20-25(26-15-10-18-34-26)31-16-8-3-9-17-31)24(19-22-11-4-1-5-12-22)30-28(33)35-21-23-13-6-2-7-14-23/h1-2,4-7,10-15,18,24-25H,3,8-9,16-17,19-21H2,(H,29,32)(H,30,33). The fraction of sp³-hybridized carbons (Fsp3) is 0.357. The number of rotatable bonds is 10. The van der Waals surface area contributed by atoms with Crippen LogP contribution in [0.1, 0.15) is 42.2 Å². The van der Waals surface area contributed by atoms with Gasteiger partial charge in [0.2, 0.25) is 5.91 Å². The number of carbonyl (C=O) groups excluding carboxylic acids is 2. The van der Waals surface area contributed by atoms with Crippen LogP contribution in [0.5, 0.6) is 0 Å². The van der Waals surface area contributed by atoms with Crippen molar-refractivity contribution in [1.82, 2.24) is 15.5 Å². The summed E-state index contributed by atoms with van der Waals surface area (Å²) in [5, 5.41) is 5.82. The Hall–Kier alpha value is -3.58. The molecule has 0 spiro atoms. The summed E-state index contributed by atoms with van der Waals surface area (Å²) in [5.74, 6) is 0.584. The minimum atomic E-state index is -0.765. The van der Waals surface area contributed by atoms with E-state index in [0.29, 0.717) is 13.0 Å². The molecule has 2 unspecified atom stereocenters. The highest BCUT2D eigenvalue weighted by molar-refractivity contribution is 5.86. The average Bonchev–Trinajstić information content (AvgIpc) is 3.44. The summed E-state index contributed by atoms with van der Waals surface area (Å²) in [6.45, 7) is 2.48. The van der Waals surface area contributed by atoms with Crippen molar-refractivity contribution >= 4 is 12.0 Å². The third-order valence-corrected chi connectivity index (χ3v) is 6.28. The number of amides is 2. The van der Waals surface area contributed by atoms with Crippen LogP contribution >= 0.6 is 0 Å². The largest absolute Gasteiger partial charge is 0.468 e. The van der Waals surface area contributed by atoms with Crippen LogP contribution in [-0.4, -0.2) is 42.6 Å². The second kappa shape index (κ2) is 12.8. The van der Waals surface area contributed by atoms with Crippen LogP contribution in [0, 0.1) is 0 Å². The van der Waals surface area contributed by atoms with Crippen molar-refractivity contribution in [3.05, 3.63) is 95.9 Å². The van der Waals surface area contributed by atoms with Crippen LogP contribution < -0.4 is 10.6 Å². The smallest absolute Gasteiger partial charge is 0.408 e. The molecule has 2 aromatic carbocycles. The maximum Gasteiger partial charge on any atom is 0.408 e. The highest BCUT2D eigenvalue weighted by atomic mass is 16.5. The molecule has 1 saturated heterocycles. The lowest BCUT2D eigenvalue weighted by Crippen LogP contribution is -2.50. The van der Waals surface area contributed by atoms with E-state index in [1.807, 2.05) is 72.8 Å². The van der Waals surface area contributed by atoms with E-state index in [-0.39, 0.29) is 18.6 Å². The number of benzene rings is 2. The van der Waals surface area contributed by atoms with Crippen molar-refractivity contribution < 1.29 is 18.7 Å². The summed E-state index contributed by atoms with van der Waals surface area (Å²) in [6, 6.07) is 22.1. The molecule has 2 N–H and O–H groups in total. The first-order chi connectivity index (χ1) is 17.2. The molecule has 0 aliphatic carbocycles. The molecule has 2 amide bonds. The van der Waals surface area contributed by atoms with Gasteiger partial charge in [-0.25, -0.2) is 4.79 Å². The Morgan fingerprint density at radius 3 is 2.23 bits per heavy atom. The van der Waals surface area contributed by atoms with Crippen LogP contribution in [0.3, 0.4) is 0 Å². The van der Waals surface area contributed by atoms with E-state index in [4.69, 9.17) is 9.15 Å². The quantitative estimate of drug-likeness (QED) is 0.452. The third-order valence-electron chi connectivity index (χ3n) is 6.28. The predicted molar refractivity (Wildman–Crippen MR) is 134 cm³/mol. The van der Waals surface area contributed by atoms with E-state index < -0.39 is 12.1 Å². The van der Waals surface area contributed by atoms with Crippen LogP contribution in [0.15, 0.2) is 83.5 Å².